The molecule has 0 spiro atoms. The minimum atomic E-state index is -0.538. The minimum absolute atomic E-state index is 0.338. The minimum Gasteiger partial charge on any atom is -0.411 e. The fraction of sp³-hybridized carbons (Fsp3) is 0.900. The molecule has 0 saturated heterocycles. The first-order valence-electron chi connectivity index (χ1n) is 5.08. The molecule has 0 aromatic heterocycles. The lowest BCUT2D eigenvalue weighted by Crippen LogP contribution is -2.50. The quantitative estimate of drug-likeness (QED) is 0.443. The molecule has 0 unspecified atom stereocenters. The predicted molar refractivity (Wildman–Crippen MR) is 52.5 cm³/mol. The molecule has 0 heterocycles. The van der Waals surface area contributed by atoms with E-state index in [2.05, 4.69) is 24.5 Å². The smallest absolute Gasteiger partial charge is 0.0818 e. The average molecular weight is 198 g/mol. The molecule has 2 rings (SSSR count). The van der Waals surface area contributed by atoms with Crippen LogP contribution in [0.5, 0.6) is 0 Å². The Bertz CT molecular complexity index is 288. The van der Waals surface area contributed by atoms with Gasteiger partial charge in [0, 0.05) is 0 Å². The Labute approximate surface area is 84.0 Å². The molecule has 0 aromatic rings. The molecule has 2 aliphatic carbocycles. The van der Waals surface area contributed by atoms with E-state index in [1.807, 2.05) is 6.92 Å². The van der Waals surface area contributed by atoms with Crippen molar-refractivity contribution in [1.82, 2.24) is 5.48 Å². The monoisotopic (exact) mass is 198 g/mol. The van der Waals surface area contributed by atoms with Crippen molar-refractivity contribution in [3.63, 3.8) is 0 Å². The van der Waals surface area contributed by atoms with Crippen molar-refractivity contribution in [3.05, 3.63) is 0 Å². The molecular weight excluding hydrogens is 180 g/mol. The van der Waals surface area contributed by atoms with Crippen molar-refractivity contribution in [3.8, 4) is 0 Å². The Balaban J connectivity index is 2.23. The summed E-state index contributed by atoms with van der Waals surface area (Å²) in [7, 11) is 0. The maximum absolute atomic E-state index is 9.12. The van der Waals surface area contributed by atoms with Crippen molar-refractivity contribution in [1.29, 1.82) is 0 Å². The van der Waals surface area contributed by atoms with Gasteiger partial charge in [0.05, 0.1) is 11.3 Å². The molecule has 4 heteroatoms. The van der Waals surface area contributed by atoms with Crippen LogP contribution in [0.15, 0.2) is 5.16 Å². The highest BCUT2D eigenvalue weighted by atomic mass is 16.5. The summed E-state index contributed by atoms with van der Waals surface area (Å²) in [6.07, 6.45) is 1.64. The van der Waals surface area contributed by atoms with Gasteiger partial charge >= 0.3 is 0 Å². The number of hydrogen-bond donors (Lipinski definition) is 3. The second kappa shape index (κ2) is 2.70. The third kappa shape index (κ3) is 1.10. The van der Waals surface area contributed by atoms with Crippen LogP contribution >= 0.6 is 0 Å². The summed E-state index contributed by atoms with van der Waals surface area (Å²) < 4.78 is 0. The van der Waals surface area contributed by atoms with Gasteiger partial charge in [-0.05, 0) is 37.0 Å². The highest BCUT2D eigenvalue weighted by Crippen LogP contribution is 2.65. The molecular formula is C10H18N2O2. The molecule has 2 saturated carbocycles. The van der Waals surface area contributed by atoms with Crippen LogP contribution in [0.4, 0.5) is 0 Å². The summed E-state index contributed by atoms with van der Waals surface area (Å²) in [5.41, 5.74) is 2.76. The molecule has 80 valence electrons. The maximum Gasteiger partial charge on any atom is 0.0818 e. The Morgan fingerprint density at radius 3 is 2.50 bits per heavy atom. The molecule has 14 heavy (non-hydrogen) atoms. The third-order valence-corrected chi connectivity index (χ3v) is 4.33. The fourth-order valence-corrected chi connectivity index (χ4v) is 2.92. The van der Waals surface area contributed by atoms with Gasteiger partial charge in [-0.3, -0.25) is 0 Å². The maximum atomic E-state index is 9.12. The van der Waals surface area contributed by atoms with Crippen molar-refractivity contribution < 1.29 is 10.4 Å². The van der Waals surface area contributed by atoms with Crippen LogP contribution < -0.4 is 5.48 Å². The van der Waals surface area contributed by atoms with E-state index in [4.69, 9.17) is 10.4 Å². The lowest BCUT2D eigenvalue weighted by molar-refractivity contribution is 0.0902. The van der Waals surface area contributed by atoms with Gasteiger partial charge in [0.2, 0.25) is 0 Å². The van der Waals surface area contributed by atoms with Gasteiger partial charge < -0.3 is 10.4 Å². The van der Waals surface area contributed by atoms with Gasteiger partial charge in [0.25, 0.3) is 0 Å². The molecule has 2 aliphatic rings. The summed E-state index contributed by atoms with van der Waals surface area (Å²) in [5.74, 6) is 1.26. The fourth-order valence-electron chi connectivity index (χ4n) is 2.92. The molecule has 4 nitrogen and oxygen atoms in total. The van der Waals surface area contributed by atoms with Crippen molar-refractivity contribution in [2.45, 2.75) is 39.2 Å². The van der Waals surface area contributed by atoms with E-state index in [1.54, 1.807) is 0 Å². The molecule has 0 amide bonds. The molecule has 0 aromatic carbocycles. The van der Waals surface area contributed by atoms with Gasteiger partial charge in [-0.2, -0.15) is 5.48 Å². The lowest BCUT2D eigenvalue weighted by Gasteiger charge is -2.32. The van der Waals surface area contributed by atoms with E-state index in [1.165, 1.54) is 0 Å². The Morgan fingerprint density at radius 1 is 1.36 bits per heavy atom. The zero-order valence-electron chi connectivity index (χ0n) is 8.91. The van der Waals surface area contributed by atoms with Crippen LogP contribution in [-0.2, 0) is 0 Å². The van der Waals surface area contributed by atoms with Gasteiger partial charge in [0.1, 0.15) is 0 Å². The Kier molecular flexibility index (Phi) is 1.92. The summed E-state index contributed by atoms with van der Waals surface area (Å²) in [6.45, 7) is 6.35. The zero-order chi connectivity index (χ0) is 10.6. The largest absolute Gasteiger partial charge is 0.411 e. The Hall–Kier alpha value is -0.610. The highest BCUT2D eigenvalue weighted by molar-refractivity contribution is 5.94. The molecule has 3 atom stereocenters. The number of oxime groups is 1. The van der Waals surface area contributed by atoms with Crippen LogP contribution in [0.3, 0.4) is 0 Å². The van der Waals surface area contributed by atoms with Crippen LogP contribution in [0.2, 0.25) is 0 Å². The topological polar surface area (TPSA) is 64.9 Å². The van der Waals surface area contributed by atoms with Gasteiger partial charge in [0.15, 0.2) is 0 Å². The summed E-state index contributed by atoms with van der Waals surface area (Å²) in [6, 6.07) is 0. The highest BCUT2D eigenvalue weighted by Gasteiger charge is 2.63. The molecule has 0 aliphatic heterocycles. The number of nitrogens with zero attached hydrogens (tertiary/aromatic N) is 1. The third-order valence-electron chi connectivity index (χ3n) is 4.33. The van der Waals surface area contributed by atoms with E-state index in [-0.39, 0.29) is 0 Å². The lowest BCUT2D eigenvalue weighted by atomic mass is 9.82. The van der Waals surface area contributed by atoms with Crippen LogP contribution in [-0.4, -0.2) is 21.7 Å². The van der Waals surface area contributed by atoms with Crippen molar-refractivity contribution >= 4 is 5.71 Å². The summed E-state index contributed by atoms with van der Waals surface area (Å²) >= 11 is 0. The van der Waals surface area contributed by atoms with Crippen LogP contribution in [0.1, 0.15) is 33.6 Å². The van der Waals surface area contributed by atoms with Gasteiger partial charge in [-0.25, -0.2) is 0 Å². The van der Waals surface area contributed by atoms with E-state index >= 15 is 0 Å². The predicted octanol–water partition coefficient (Wildman–Crippen LogP) is 1.62. The average Bonchev–Trinajstić information content (AvgIpc) is 2.66. The molecule has 3 N–H and O–H groups in total. The number of rotatable bonds is 1. The Morgan fingerprint density at radius 2 is 2.00 bits per heavy atom. The number of nitrogens with one attached hydrogen (secondary N) is 1. The van der Waals surface area contributed by atoms with E-state index in [9.17, 15) is 0 Å². The van der Waals surface area contributed by atoms with Gasteiger partial charge in [-0.15, -0.1) is 0 Å². The van der Waals surface area contributed by atoms with Gasteiger partial charge in [-0.1, -0.05) is 19.0 Å². The number of fused-ring (bicyclic) bond motifs is 1. The normalized spacial score (nSPS) is 47.6. The van der Waals surface area contributed by atoms with Crippen LogP contribution in [0, 0.1) is 17.3 Å². The molecule has 0 radical (unpaired) electrons. The zero-order valence-corrected chi connectivity index (χ0v) is 8.91. The van der Waals surface area contributed by atoms with E-state index < -0.39 is 5.54 Å². The first-order chi connectivity index (χ1) is 6.45. The number of hydrogen-bond acceptors (Lipinski definition) is 4. The van der Waals surface area contributed by atoms with Crippen molar-refractivity contribution in [2.24, 2.45) is 22.4 Å². The summed E-state index contributed by atoms with van der Waals surface area (Å²) in [5, 5.41) is 21.3. The first-order valence-corrected chi connectivity index (χ1v) is 5.08. The molecule has 0 bridgehead atoms. The SMILES string of the molecule is CC1(C)[C@@H]2C/C(=N/O)[C@@](C)(NO)C[C@@H]21. The number of hydroxylamine groups is 1. The first kappa shape index (κ1) is 9.93. The van der Waals surface area contributed by atoms with E-state index in [0.717, 1.165) is 12.8 Å². The van der Waals surface area contributed by atoms with Crippen LogP contribution in [0.25, 0.3) is 0 Å². The second-order valence-electron chi connectivity index (χ2n) is 5.43. The summed E-state index contributed by atoms with van der Waals surface area (Å²) in [4.78, 5) is 0. The van der Waals surface area contributed by atoms with Crippen molar-refractivity contribution in [2.75, 3.05) is 0 Å². The standard InChI is InChI=1S/C10H18N2O2/c1-9(2)6-4-8(11-13)10(3,12-14)5-7(6)9/h6-7,12-14H,4-5H2,1-3H3/b11-8-/t6-,7+,10+/m1/s1. The molecule has 2 fully saturated rings. The van der Waals surface area contributed by atoms with E-state index in [0.29, 0.717) is 23.0 Å². The second-order valence-corrected chi connectivity index (χ2v) is 5.43.